The van der Waals surface area contributed by atoms with Gasteiger partial charge in [-0.25, -0.2) is 4.79 Å². The van der Waals surface area contributed by atoms with Crippen LogP contribution in [0.5, 0.6) is 0 Å². The van der Waals surface area contributed by atoms with Crippen LogP contribution in [0.25, 0.3) is 0 Å². The summed E-state index contributed by atoms with van der Waals surface area (Å²) in [6, 6.07) is -0.139. The Morgan fingerprint density at radius 1 is 1.44 bits per heavy atom. The molecule has 18 heavy (non-hydrogen) atoms. The van der Waals surface area contributed by atoms with Crippen LogP contribution in [-0.4, -0.2) is 54.9 Å². The van der Waals surface area contributed by atoms with Crippen molar-refractivity contribution >= 4 is 12.0 Å². The van der Waals surface area contributed by atoms with Crippen LogP contribution in [0.2, 0.25) is 0 Å². The summed E-state index contributed by atoms with van der Waals surface area (Å²) in [6.45, 7) is 2.49. The number of carbonyl (C=O) groups excluding carboxylic acids is 1. The molecular formula is C12H22N2O4. The van der Waals surface area contributed by atoms with E-state index in [1.165, 1.54) is 12.0 Å². The number of hydrogen-bond donors (Lipinski definition) is 2. The van der Waals surface area contributed by atoms with Gasteiger partial charge in [0.2, 0.25) is 0 Å². The van der Waals surface area contributed by atoms with E-state index in [0.717, 1.165) is 19.3 Å². The van der Waals surface area contributed by atoms with Gasteiger partial charge in [-0.2, -0.15) is 0 Å². The molecule has 6 heteroatoms. The predicted molar refractivity (Wildman–Crippen MR) is 66.4 cm³/mol. The zero-order valence-corrected chi connectivity index (χ0v) is 11.0. The number of nitrogens with zero attached hydrogens (tertiary/aromatic N) is 1. The van der Waals surface area contributed by atoms with Crippen molar-refractivity contribution in [1.82, 2.24) is 10.2 Å². The lowest BCUT2D eigenvalue weighted by Crippen LogP contribution is -2.47. The van der Waals surface area contributed by atoms with Crippen LogP contribution >= 0.6 is 0 Å². The number of amides is 2. The second kappa shape index (κ2) is 7.20. The van der Waals surface area contributed by atoms with Gasteiger partial charge in [0, 0.05) is 19.7 Å². The molecule has 1 aliphatic rings. The van der Waals surface area contributed by atoms with Gasteiger partial charge < -0.3 is 20.1 Å². The molecule has 1 fully saturated rings. The molecule has 2 amide bonds. The first-order valence-electron chi connectivity index (χ1n) is 6.29. The summed E-state index contributed by atoms with van der Waals surface area (Å²) in [5.74, 6) is -0.386. The number of carboxylic acids is 1. The van der Waals surface area contributed by atoms with Crippen molar-refractivity contribution in [1.29, 1.82) is 0 Å². The Balaban J connectivity index is 2.44. The molecule has 2 atom stereocenters. The summed E-state index contributed by atoms with van der Waals surface area (Å²) in [6.07, 6.45) is 3.05. The number of ether oxygens (including phenoxy) is 1. The zero-order chi connectivity index (χ0) is 13.5. The molecule has 0 aromatic carbocycles. The summed E-state index contributed by atoms with van der Waals surface area (Å²) >= 11 is 0. The van der Waals surface area contributed by atoms with E-state index < -0.39 is 5.97 Å². The molecule has 0 saturated heterocycles. The number of aliphatic carboxylic acids is 1. The summed E-state index contributed by atoms with van der Waals surface area (Å²) in [4.78, 5) is 23.9. The third-order valence-electron chi connectivity index (χ3n) is 3.20. The molecule has 0 radical (unpaired) electrons. The molecule has 2 unspecified atom stereocenters. The number of rotatable bonds is 6. The van der Waals surface area contributed by atoms with Gasteiger partial charge in [-0.1, -0.05) is 6.92 Å². The lowest BCUT2D eigenvalue weighted by Gasteiger charge is -2.23. The monoisotopic (exact) mass is 258 g/mol. The highest BCUT2D eigenvalue weighted by atomic mass is 16.5. The molecule has 1 saturated carbocycles. The van der Waals surface area contributed by atoms with E-state index in [0.29, 0.717) is 12.5 Å². The van der Waals surface area contributed by atoms with Gasteiger partial charge in [-0.15, -0.1) is 0 Å². The van der Waals surface area contributed by atoms with Crippen LogP contribution in [0.15, 0.2) is 0 Å². The second-order valence-corrected chi connectivity index (χ2v) is 4.87. The van der Waals surface area contributed by atoms with E-state index in [9.17, 15) is 9.59 Å². The summed E-state index contributed by atoms with van der Waals surface area (Å²) < 4.78 is 4.88. The Morgan fingerprint density at radius 3 is 2.67 bits per heavy atom. The van der Waals surface area contributed by atoms with Crippen molar-refractivity contribution in [3.05, 3.63) is 0 Å². The molecule has 0 spiro atoms. The molecule has 0 bridgehead atoms. The van der Waals surface area contributed by atoms with Crippen LogP contribution < -0.4 is 5.32 Å². The van der Waals surface area contributed by atoms with Gasteiger partial charge in [-0.3, -0.25) is 4.79 Å². The topological polar surface area (TPSA) is 78.9 Å². The maximum Gasteiger partial charge on any atom is 0.323 e. The minimum absolute atomic E-state index is 0.173. The van der Waals surface area contributed by atoms with Crippen molar-refractivity contribution < 1.29 is 19.4 Å². The molecule has 2 N–H and O–H groups in total. The SMILES string of the molecule is COCCN(CC(=O)O)C(=O)NC1CCC(C)C1. The first-order valence-corrected chi connectivity index (χ1v) is 6.29. The first kappa shape index (κ1) is 14.8. The van der Waals surface area contributed by atoms with Gasteiger partial charge >= 0.3 is 12.0 Å². The number of urea groups is 1. The Morgan fingerprint density at radius 2 is 2.17 bits per heavy atom. The summed E-state index contributed by atoms with van der Waals surface area (Å²) in [7, 11) is 1.52. The third-order valence-corrected chi connectivity index (χ3v) is 3.20. The van der Waals surface area contributed by atoms with Crippen molar-refractivity contribution in [3.63, 3.8) is 0 Å². The molecule has 0 aliphatic heterocycles. The fourth-order valence-corrected chi connectivity index (χ4v) is 2.22. The van der Waals surface area contributed by atoms with Crippen molar-refractivity contribution in [2.45, 2.75) is 32.2 Å². The highest BCUT2D eigenvalue weighted by molar-refractivity contribution is 5.80. The zero-order valence-electron chi connectivity index (χ0n) is 11.0. The normalized spacial score (nSPS) is 22.8. The lowest BCUT2D eigenvalue weighted by atomic mass is 10.1. The van der Waals surface area contributed by atoms with E-state index in [1.54, 1.807) is 0 Å². The Bertz CT molecular complexity index is 296. The van der Waals surface area contributed by atoms with Gasteiger partial charge in [0.25, 0.3) is 0 Å². The van der Waals surface area contributed by atoms with E-state index in [1.807, 2.05) is 0 Å². The molecule has 0 aromatic rings. The van der Waals surface area contributed by atoms with Gasteiger partial charge in [0.05, 0.1) is 6.61 Å². The smallest absolute Gasteiger partial charge is 0.323 e. The third kappa shape index (κ3) is 4.91. The standard InChI is InChI=1S/C12H22N2O4/c1-9-3-4-10(7-9)13-12(17)14(5-6-18-2)8-11(15)16/h9-10H,3-8H2,1-2H3,(H,13,17)(H,15,16). The largest absolute Gasteiger partial charge is 0.480 e. The fraction of sp³-hybridized carbons (Fsp3) is 0.833. The molecule has 6 nitrogen and oxygen atoms in total. The van der Waals surface area contributed by atoms with E-state index in [-0.39, 0.29) is 25.2 Å². The molecule has 0 aromatic heterocycles. The van der Waals surface area contributed by atoms with E-state index >= 15 is 0 Å². The molecule has 0 heterocycles. The maximum absolute atomic E-state index is 11.9. The van der Waals surface area contributed by atoms with Crippen LogP contribution in [0.3, 0.4) is 0 Å². The number of carbonyl (C=O) groups is 2. The minimum atomic E-state index is -1.01. The number of nitrogens with one attached hydrogen (secondary N) is 1. The Labute approximate surface area is 107 Å². The summed E-state index contributed by atoms with van der Waals surface area (Å²) in [5.41, 5.74) is 0. The predicted octanol–water partition coefficient (Wildman–Crippen LogP) is 0.918. The van der Waals surface area contributed by atoms with E-state index in [2.05, 4.69) is 12.2 Å². The van der Waals surface area contributed by atoms with Crippen LogP contribution in [-0.2, 0) is 9.53 Å². The minimum Gasteiger partial charge on any atom is -0.480 e. The van der Waals surface area contributed by atoms with Crippen molar-refractivity contribution in [3.8, 4) is 0 Å². The summed E-state index contributed by atoms with van der Waals surface area (Å²) in [5, 5.41) is 11.7. The van der Waals surface area contributed by atoms with Gasteiger partial charge in [-0.05, 0) is 25.2 Å². The van der Waals surface area contributed by atoms with E-state index in [4.69, 9.17) is 9.84 Å². The van der Waals surface area contributed by atoms with Crippen LogP contribution in [0.1, 0.15) is 26.2 Å². The van der Waals surface area contributed by atoms with Gasteiger partial charge in [0.15, 0.2) is 0 Å². The number of hydrogen-bond acceptors (Lipinski definition) is 3. The Kier molecular flexibility index (Phi) is 5.91. The lowest BCUT2D eigenvalue weighted by molar-refractivity contribution is -0.137. The van der Waals surface area contributed by atoms with Crippen molar-refractivity contribution in [2.75, 3.05) is 26.8 Å². The first-order chi connectivity index (χ1) is 8.52. The number of carboxylic acid groups (broad SMARTS) is 1. The fourth-order valence-electron chi connectivity index (χ4n) is 2.22. The maximum atomic E-state index is 11.9. The molecule has 104 valence electrons. The quantitative estimate of drug-likeness (QED) is 0.742. The highest BCUT2D eigenvalue weighted by Crippen LogP contribution is 2.24. The van der Waals surface area contributed by atoms with Crippen molar-refractivity contribution in [2.24, 2.45) is 5.92 Å². The number of methoxy groups -OCH3 is 1. The van der Waals surface area contributed by atoms with Crippen LogP contribution in [0, 0.1) is 5.92 Å². The molecule has 1 aliphatic carbocycles. The highest BCUT2D eigenvalue weighted by Gasteiger charge is 2.25. The molecular weight excluding hydrogens is 236 g/mol. The average Bonchev–Trinajstić information content (AvgIpc) is 2.69. The second-order valence-electron chi connectivity index (χ2n) is 4.87. The van der Waals surface area contributed by atoms with Gasteiger partial charge in [0.1, 0.15) is 6.54 Å². The average molecular weight is 258 g/mol. The van der Waals surface area contributed by atoms with Crippen LogP contribution in [0.4, 0.5) is 4.79 Å². The Hall–Kier alpha value is -1.30. The molecule has 1 rings (SSSR count).